The minimum absolute atomic E-state index is 0.0296. The zero-order valence-corrected chi connectivity index (χ0v) is 13.1. The molecule has 1 amide bonds. The van der Waals surface area contributed by atoms with Crippen LogP contribution in [0.15, 0.2) is 22.7 Å². The van der Waals surface area contributed by atoms with E-state index in [1.807, 2.05) is 25.1 Å². The molecule has 0 atom stereocenters. The van der Waals surface area contributed by atoms with Crippen LogP contribution in [0.2, 0.25) is 0 Å². The van der Waals surface area contributed by atoms with Crippen molar-refractivity contribution >= 4 is 21.8 Å². The van der Waals surface area contributed by atoms with Crippen LogP contribution in [-0.2, 0) is 0 Å². The zero-order valence-electron chi connectivity index (χ0n) is 11.5. The van der Waals surface area contributed by atoms with Gasteiger partial charge in [-0.15, -0.1) is 0 Å². The third-order valence-corrected chi connectivity index (χ3v) is 4.61. The lowest BCUT2D eigenvalue weighted by Gasteiger charge is -2.10. The van der Waals surface area contributed by atoms with Gasteiger partial charge >= 0.3 is 0 Å². The number of rotatable bonds is 5. The Balaban J connectivity index is 1.75. The molecule has 1 N–H and O–H groups in total. The summed E-state index contributed by atoms with van der Waals surface area (Å²) < 4.78 is 0.867. The van der Waals surface area contributed by atoms with Gasteiger partial charge in [-0.1, -0.05) is 37.3 Å². The normalized spacial score (nSPS) is 15.7. The molecule has 0 unspecified atom stereocenters. The lowest BCUT2D eigenvalue weighted by molar-refractivity contribution is 0.0951. The van der Waals surface area contributed by atoms with E-state index < -0.39 is 0 Å². The average molecular weight is 324 g/mol. The quantitative estimate of drug-likeness (QED) is 0.796. The number of carbonyl (C=O) groups is 1. The fourth-order valence-corrected chi connectivity index (χ4v) is 3.23. The Hall–Kier alpha value is -0.830. The largest absolute Gasteiger partial charge is 0.352 e. The first kappa shape index (κ1) is 14.6. The molecular formula is C16H22BrNO. The molecule has 1 aromatic rings. The number of aryl methyl sites for hydroxylation is 1. The highest BCUT2D eigenvalue weighted by Crippen LogP contribution is 2.28. The average Bonchev–Trinajstić information content (AvgIpc) is 2.90. The van der Waals surface area contributed by atoms with Crippen LogP contribution in [0.25, 0.3) is 0 Å². The van der Waals surface area contributed by atoms with E-state index in [1.165, 1.54) is 32.1 Å². The Kier molecular flexibility index (Phi) is 5.44. The van der Waals surface area contributed by atoms with E-state index >= 15 is 0 Å². The summed E-state index contributed by atoms with van der Waals surface area (Å²) in [6.07, 6.45) is 7.92. The van der Waals surface area contributed by atoms with Gasteiger partial charge in [0.25, 0.3) is 5.91 Å². The number of hydrogen-bond donors (Lipinski definition) is 1. The summed E-state index contributed by atoms with van der Waals surface area (Å²) in [5.41, 5.74) is 1.85. The molecule has 0 radical (unpaired) electrons. The summed E-state index contributed by atoms with van der Waals surface area (Å²) in [7, 11) is 0. The highest BCUT2D eigenvalue weighted by molar-refractivity contribution is 9.10. The van der Waals surface area contributed by atoms with Crippen molar-refractivity contribution in [3.63, 3.8) is 0 Å². The summed E-state index contributed by atoms with van der Waals surface area (Å²) >= 11 is 3.43. The molecule has 19 heavy (non-hydrogen) atoms. The third-order valence-electron chi connectivity index (χ3n) is 3.92. The molecule has 3 heteroatoms. The fourth-order valence-electron chi connectivity index (χ4n) is 2.80. The first-order valence-electron chi connectivity index (χ1n) is 7.21. The molecule has 1 aliphatic carbocycles. The lowest BCUT2D eigenvalue weighted by atomic mass is 10.0. The number of carbonyl (C=O) groups excluding carboxylic acids is 1. The van der Waals surface area contributed by atoms with Crippen molar-refractivity contribution in [2.24, 2.45) is 5.92 Å². The van der Waals surface area contributed by atoms with Crippen LogP contribution in [0.1, 0.15) is 54.4 Å². The molecule has 0 heterocycles. The predicted octanol–water partition coefficient (Wildman–Crippen LogP) is 4.46. The first-order valence-corrected chi connectivity index (χ1v) is 8.00. The van der Waals surface area contributed by atoms with Gasteiger partial charge in [0.05, 0.1) is 5.56 Å². The van der Waals surface area contributed by atoms with E-state index in [0.717, 1.165) is 34.5 Å². The summed E-state index contributed by atoms with van der Waals surface area (Å²) in [4.78, 5) is 12.1. The smallest absolute Gasteiger partial charge is 0.252 e. The Bertz CT molecular complexity index is 438. The molecule has 0 aliphatic heterocycles. The Morgan fingerprint density at radius 3 is 2.84 bits per heavy atom. The Morgan fingerprint density at radius 1 is 1.37 bits per heavy atom. The van der Waals surface area contributed by atoms with Crippen LogP contribution in [0, 0.1) is 12.8 Å². The van der Waals surface area contributed by atoms with Gasteiger partial charge < -0.3 is 5.32 Å². The first-order chi connectivity index (χ1) is 9.16. The van der Waals surface area contributed by atoms with E-state index in [9.17, 15) is 4.79 Å². The second-order valence-electron chi connectivity index (χ2n) is 5.53. The van der Waals surface area contributed by atoms with E-state index in [4.69, 9.17) is 0 Å². The van der Waals surface area contributed by atoms with Crippen molar-refractivity contribution in [2.45, 2.75) is 45.4 Å². The minimum Gasteiger partial charge on any atom is -0.352 e. The van der Waals surface area contributed by atoms with Gasteiger partial charge in [0.15, 0.2) is 0 Å². The maximum absolute atomic E-state index is 12.1. The molecule has 1 saturated carbocycles. The molecule has 1 fully saturated rings. The summed E-state index contributed by atoms with van der Waals surface area (Å²) in [5, 5.41) is 3.02. The standard InChI is InChI=1S/C16H22BrNO/c1-12-8-9-15(17)14(11-12)16(19)18-10-4-7-13-5-2-3-6-13/h8-9,11,13H,2-7,10H2,1H3,(H,18,19). The van der Waals surface area contributed by atoms with E-state index in [1.54, 1.807) is 0 Å². The molecule has 0 aromatic heterocycles. The van der Waals surface area contributed by atoms with Crippen LogP contribution in [-0.4, -0.2) is 12.5 Å². The van der Waals surface area contributed by atoms with E-state index in [-0.39, 0.29) is 5.91 Å². The number of nitrogens with one attached hydrogen (secondary N) is 1. The van der Waals surface area contributed by atoms with Crippen molar-refractivity contribution < 1.29 is 4.79 Å². The molecule has 1 aliphatic rings. The fraction of sp³-hybridized carbons (Fsp3) is 0.562. The predicted molar refractivity (Wildman–Crippen MR) is 82.4 cm³/mol. The number of benzene rings is 1. The minimum atomic E-state index is 0.0296. The molecule has 0 bridgehead atoms. The number of halogens is 1. The molecular weight excluding hydrogens is 302 g/mol. The summed E-state index contributed by atoms with van der Waals surface area (Å²) in [6, 6.07) is 5.86. The third kappa shape index (κ3) is 4.34. The van der Waals surface area contributed by atoms with Gasteiger partial charge in [-0.3, -0.25) is 4.79 Å². The van der Waals surface area contributed by atoms with Crippen molar-refractivity contribution in [3.8, 4) is 0 Å². The summed E-state index contributed by atoms with van der Waals surface area (Å²) in [5.74, 6) is 0.935. The maximum atomic E-state index is 12.1. The Morgan fingerprint density at radius 2 is 2.11 bits per heavy atom. The Labute approximate surface area is 124 Å². The summed E-state index contributed by atoms with van der Waals surface area (Å²) in [6.45, 7) is 2.79. The van der Waals surface area contributed by atoms with Crippen LogP contribution >= 0.6 is 15.9 Å². The van der Waals surface area contributed by atoms with Gasteiger partial charge in [0, 0.05) is 11.0 Å². The molecule has 2 rings (SSSR count). The van der Waals surface area contributed by atoms with Crippen molar-refractivity contribution in [3.05, 3.63) is 33.8 Å². The van der Waals surface area contributed by atoms with Gasteiger partial charge in [-0.05, 0) is 53.7 Å². The van der Waals surface area contributed by atoms with Gasteiger partial charge in [0.1, 0.15) is 0 Å². The highest BCUT2D eigenvalue weighted by atomic mass is 79.9. The van der Waals surface area contributed by atoms with Crippen LogP contribution in [0.5, 0.6) is 0 Å². The van der Waals surface area contributed by atoms with Crippen LogP contribution < -0.4 is 5.32 Å². The van der Waals surface area contributed by atoms with Gasteiger partial charge in [-0.2, -0.15) is 0 Å². The topological polar surface area (TPSA) is 29.1 Å². The molecule has 104 valence electrons. The van der Waals surface area contributed by atoms with E-state index in [0.29, 0.717) is 0 Å². The zero-order chi connectivity index (χ0) is 13.7. The second kappa shape index (κ2) is 7.09. The van der Waals surface area contributed by atoms with Crippen LogP contribution in [0.3, 0.4) is 0 Å². The number of hydrogen-bond acceptors (Lipinski definition) is 1. The molecule has 2 nitrogen and oxygen atoms in total. The van der Waals surface area contributed by atoms with Gasteiger partial charge in [0.2, 0.25) is 0 Å². The van der Waals surface area contributed by atoms with E-state index in [2.05, 4.69) is 21.2 Å². The van der Waals surface area contributed by atoms with Crippen molar-refractivity contribution in [1.29, 1.82) is 0 Å². The maximum Gasteiger partial charge on any atom is 0.252 e. The van der Waals surface area contributed by atoms with Gasteiger partial charge in [-0.25, -0.2) is 0 Å². The van der Waals surface area contributed by atoms with Crippen LogP contribution in [0.4, 0.5) is 0 Å². The monoisotopic (exact) mass is 323 g/mol. The molecule has 1 aromatic carbocycles. The SMILES string of the molecule is Cc1ccc(Br)c(C(=O)NCCCC2CCCC2)c1. The molecule has 0 spiro atoms. The van der Waals surface area contributed by atoms with Crippen molar-refractivity contribution in [1.82, 2.24) is 5.32 Å². The molecule has 0 saturated heterocycles. The van der Waals surface area contributed by atoms with Crippen molar-refractivity contribution in [2.75, 3.05) is 6.54 Å². The second-order valence-corrected chi connectivity index (χ2v) is 6.39. The number of amides is 1. The highest BCUT2D eigenvalue weighted by Gasteiger charge is 2.14. The lowest BCUT2D eigenvalue weighted by Crippen LogP contribution is -2.25.